The minimum absolute atomic E-state index is 0.416. The molecule has 1 atom stereocenters. The van der Waals surface area contributed by atoms with E-state index in [1.807, 2.05) is 56.3 Å². The molecule has 4 nitrogen and oxygen atoms in total. The molecule has 0 aromatic heterocycles. The second kappa shape index (κ2) is 6.31. The zero-order valence-electron chi connectivity index (χ0n) is 12.5. The van der Waals surface area contributed by atoms with E-state index >= 15 is 0 Å². The number of hydrogen-bond donors (Lipinski definition) is 2. The Labute approximate surface area is 124 Å². The summed E-state index contributed by atoms with van der Waals surface area (Å²) in [6.07, 6.45) is 0. The molecule has 110 valence electrons. The first-order valence-electron chi connectivity index (χ1n) is 6.78. The number of nitrogens with one attached hydrogen (secondary N) is 1. The number of carbonyl (C=O) groups excluding carboxylic acids is 1. The topological polar surface area (TPSA) is 64.3 Å². The maximum absolute atomic E-state index is 11.8. The van der Waals surface area contributed by atoms with E-state index < -0.39 is 11.9 Å². The predicted molar refractivity (Wildman–Crippen MR) is 84.5 cm³/mol. The number of nitrogens with two attached hydrogens (primary N) is 1. The van der Waals surface area contributed by atoms with E-state index in [0.29, 0.717) is 0 Å². The van der Waals surface area contributed by atoms with Crippen molar-refractivity contribution in [3.63, 3.8) is 0 Å². The summed E-state index contributed by atoms with van der Waals surface area (Å²) in [6.45, 7) is 3.94. The molecule has 2 aromatic rings. The third-order valence-electron chi connectivity index (χ3n) is 3.37. The normalized spacial score (nSPS) is 11.8. The smallest absolute Gasteiger partial charge is 0.244 e. The molecule has 0 saturated carbocycles. The largest absolute Gasteiger partial charge is 0.496 e. The van der Waals surface area contributed by atoms with E-state index in [-0.39, 0.29) is 0 Å². The summed E-state index contributed by atoms with van der Waals surface area (Å²) in [5.74, 6) is 0.374. The van der Waals surface area contributed by atoms with Crippen molar-refractivity contribution in [1.29, 1.82) is 0 Å². The number of rotatable bonds is 5. The molecule has 0 radical (unpaired) electrons. The van der Waals surface area contributed by atoms with Crippen molar-refractivity contribution in [1.82, 2.24) is 0 Å². The second-order valence-electron chi connectivity index (χ2n) is 5.08. The number of primary amides is 1. The van der Waals surface area contributed by atoms with E-state index in [9.17, 15) is 4.79 Å². The monoisotopic (exact) mass is 284 g/mol. The zero-order valence-corrected chi connectivity index (χ0v) is 12.5. The Morgan fingerprint density at radius 1 is 1.19 bits per heavy atom. The molecule has 1 amide bonds. The highest BCUT2D eigenvalue weighted by Gasteiger charge is 2.18. The van der Waals surface area contributed by atoms with Gasteiger partial charge in [-0.2, -0.15) is 0 Å². The van der Waals surface area contributed by atoms with Crippen LogP contribution in [0.5, 0.6) is 5.75 Å². The van der Waals surface area contributed by atoms with Gasteiger partial charge in [-0.25, -0.2) is 0 Å². The van der Waals surface area contributed by atoms with Crippen LogP contribution in [0.4, 0.5) is 5.69 Å². The van der Waals surface area contributed by atoms with Crippen molar-refractivity contribution in [3.05, 3.63) is 59.2 Å². The maximum Gasteiger partial charge on any atom is 0.244 e. The zero-order chi connectivity index (χ0) is 15.4. The third kappa shape index (κ3) is 3.54. The van der Waals surface area contributed by atoms with Crippen LogP contribution in [0.25, 0.3) is 0 Å². The van der Waals surface area contributed by atoms with Gasteiger partial charge in [-0.1, -0.05) is 18.2 Å². The fourth-order valence-corrected chi connectivity index (χ4v) is 2.30. The molecule has 0 heterocycles. The van der Waals surface area contributed by atoms with Gasteiger partial charge < -0.3 is 15.8 Å². The molecule has 0 spiro atoms. The van der Waals surface area contributed by atoms with Gasteiger partial charge in [0.15, 0.2) is 0 Å². The van der Waals surface area contributed by atoms with E-state index in [4.69, 9.17) is 10.5 Å². The number of ether oxygens (including phenoxy) is 1. The summed E-state index contributed by atoms with van der Waals surface area (Å²) in [6, 6.07) is 12.9. The lowest BCUT2D eigenvalue weighted by Gasteiger charge is -2.18. The molecule has 2 rings (SSSR count). The molecule has 21 heavy (non-hydrogen) atoms. The number of aryl methyl sites for hydroxylation is 2. The molecular formula is C17H20N2O2. The van der Waals surface area contributed by atoms with Crippen molar-refractivity contribution in [2.45, 2.75) is 19.9 Å². The van der Waals surface area contributed by atoms with Crippen LogP contribution in [0.2, 0.25) is 0 Å². The average Bonchev–Trinajstić information content (AvgIpc) is 2.44. The number of anilines is 1. The highest BCUT2D eigenvalue weighted by Crippen LogP contribution is 2.25. The van der Waals surface area contributed by atoms with Crippen LogP contribution >= 0.6 is 0 Å². The molecule has 0 aliphatic heterocycles. The molecule has 0 aliphatic rings. The van der Waals surface area contributed by atoms with Crippen LogP contribution in [0.3, 0.4) is 0 Å². The van der Waals surface area contributed by atoms with Crippen LogP contribution in [-0.2, 0) is 4.79 Å². The summed E-state index contributed by atoms with van der Waals surface area (Å²) in [5, 5.41) is 3.18. The lowest BCUT2D eigenvalue weighted by atomic mass is 10.0. The molecule has 0 saturated heterocycles. The number of carbonyl (C=O) groups is 1. The molecule has 0 fully saturated rings. The Morgan fingerprint density at radius 3 is 2.52 bits per heavy atom. The SMILES string of the molecule is COc1ccc(C(Nc2cccc(C)c2)C(N)=O)cc1C. The average molecular weight is 284 g/mol. The summed E-state index contributed by atoms with van der Waals surface area (Å²) >= 11 is 0. The van der Waals surface area contributed by atoms with Gasteiger partial charge in [-0.05, 0) is 54.8 Å². The van der Waals surface area contributed by atoms with Gasteiger partial charge in [0, 0.05) is 5.69 Å². The summed E-state index contributed by atoms with van der Waals surface area (Å²) in [7, 11) is 1.62. The van der Waals surface area contributed by atoms with Crippen molar-refractivity contribution >= 4 is 11.6 Å². The molecular weight excluding hydrogens is 264 g/mol. The van der Waals surface area contributed by atoms with Crippen molar-refractivity contribution in [2.75, 3.05) is 12.4 Å². The van der Waals surface area contributed by atoms with Crippen LogP contribution in [-0.4, -0.2) is 13.0 Å². The lowest BCUT2D eigenvalue weighted by molar-refractivity contribution is -0.118. The Balaban J connectivity index is 2.31. The standard InChI is InChI=1S/C17H20N2O2/c1-11-5-4-6-14(9-11)19-16(17(18)20)13-7-8-15(21-3)12(2)10-13/h4-10,16,19H,1-3H3,(H2,18,20). The Bertz CT molecular complexity index is 653. The fraction of sp³-hybridized carbons (Fsp3) is 0.235. The minimum Gasteiger partial charge on any atom is -0.496 e. The van der Waals surface area contributed by atoms with Gasteiger partial charge in [0.1, 0.15) is 11.8 Å². The van der Waals surface area contributed by atoms with Crippen molar-refractivity contribution < 1.29 is 9.53 Å². The number of methoxy groups -OCH3 is 1. The highest BCUT2D eigenvalue weighted by atomic mass is 16.5. The van der Waals surface area contributed by atoms with Crippen molar-refractivity contribution in [2.24, 2.45) is 5.73 Å². The molecule has 2 aromatic carbocycles. The van der Waals surface area contributed by atoms with Gasteiger partial charge in [-0.15, -0.1) is 0 Å². The number of benzene rings is 2. The molecule has 0 aliphatic carbocycles. The van der Waals surface area contributed by atoms with Gasteiger partial charge in [-0.3, -0.25) is 4.79 Å². The van der Waals surface area contributed by atoms with Gasteiger partial charge >= 0.3 is 0 Å². The Hall–Kier alpha value is -2.49. The van der Waals surface area contributed by atoms with E-state index in [0.717, 1.165) is 28.1 Å². The first-order chi connectivity index (χ1) is 10.0. The van der Waals surface area contributed by atoms with Gasteiger partial charge in [0.25, 0.3) is 0 Å². The number of hydrogen-bond acceptors (Lipinski definition) is 3. The fourth-order valence-electron chi connectivity index (χ4n) is 2.30. The Kier molecular flexibility index (Phi) is 4.48. The van der Waals surface area contributed by atoms with E-state index in [1.165, 1.54) is 0 Å². The van der Waals surface area contributed by atoms with Crippen LogP contribution in [0.1, 0.15) is 22.7 Å². The van der Waals surface area contributed by atoms with Gasteiger partial charge in [0.2, 0.25) is 5.91 Å². The van der Waals surface area contributed by atoms with Crippen LogP contribution in [0, 0.1) is 13.8 Å². The van der Waals surface area contributed by atoms with Crippen LogP contribution in [0.15, 0.2) is 42.5 Å². The predicted octanol–water partition coefficient (Wildman–Crippen LogP) is 2.95. The summed E-state index contributed by atoms with van der Waals surface area (Å²) in [4.78, 5) is 11.8. The number of amides is 1. The summed E-state index contributed by atoms with van der Waals surface area (Å²) < 4.78 is 5.24. The maximum atomic E-state index is 11.8. The van der Waals surface area contributed by atoms with E-state index in [2.05, 4.69) is 5.32 Å². The lowest BCUT2D eigenvalue weighted by Crippen LogP contribution is -2.27. The molecule has 4 heteroatoms. The van der Waals surface area contributed by atoms with Gasteiger partial charge in [0.05, 0.1) is 7.11 Å². The molecule has 0 bridgehead atoms. The second-order valence-corrected chi connectivity index (χ2v) is 5.08. The van der Waals surface area contributed by atoms with Crippen molar-refractivity contribution in [3.8, 4) is 5.75 Å². The third-order valence-corrected chi connectivity index (χ3v) is 3.37. The first-order valence-corrected chi connectivity index (χ1v) is 6.78. The summed E-state index contributed by atoms with van der Waals surface area (Å²) in [5.41, 5.74) is 9.32. The minimum atomic E-state index is -0.573. The Morgan fingerprint density at radius 2 is 1.95 bits per heavy atom. The van der Waals surface area contributed by atoms with E-state index in [1.54, 1.807) is 7.11 Å². The highest BCUT2D eigenvalue weighted by molar-refractivity contribution is 5.84. The quantitative estimate of drug-likeness (QED) is 0.887. The first kappa shape index (κ1) is 14.9. The molecule has 3 N–H and O–H groups in total. The molecule has 1 unspecified atom stereocenters. The van der Waals surface area contributed by atoms with Crippen LogP contribution < -0.4 is 15.8 Å².